The van der Waals surface area contributed by atoms with Gasteiger partial charge in [-0.25, -0.2) is 4.98 Å². The number of amides is 1. The summed E-state index contributed by atoms with van der Waals surface area (Å²) in [7, 11) is 0. The molecule has 0 unspecified atom stereocenters. The molecular weight excluding hydrogens is 414 g/mol. The van der Waals surface area contributed by atoms with Crippen LogP contribution in [0.15, 0.2) is 48.1 Å². The zero-order valence-corrected chi connectivity index (χ0v) is 18.5. The molecule has 8 nitrogen and oxygen atoms in total. The molecule has 0 aliphatic carbocycles. The van der Waals surface area contributed by atoms with Crippen molar-refractivity contribution in [2.75, 3.05) is 18.4 Å². The summed E-state index contributed by atoms with van der Waals surface area (Å²) in [5.74, 6) is 0.888. The van der Waals surface area contributed by atoms with Crippen molar-refractivity contribution in [3.63, 3.8) is 0 Å². The second-order valence-corrected chi connectivity index (χ2v) is 8.61. The molecular formula is C22H27N5O3S. The largest absolute Gasteiger partial charge is 0.486 e. The molecule has 4 rings (SSSR count). The van der Waals surface area contributed by atoms with E-state index in [1.807, 2.05) is 60.7 Å². The van der Waals surface area contributed by atoms with Gasteiger partial charge in [0.15, 0.2) is 0 Å². The van der Waals surface area contributed by atoms with E-state index in [4.69, 9.17) is 9.47 Å². The summed E-state index contributed by atoms with van der Waals surface area (Å²) in [6, 6.07) is 9.71. The Balaban J connectivity index is 1.24. The average Bonchev–Trinajstić information content (AvgIpc) is 3.40. The first-order valence-electron chi connectivity index (χ1n) is 10.4. The lowest BCUT2D eigenvalue weighted by Gasteiger charge is -2.35. The van der Waals surface area contributed by atoms with Crippen molar-refractivity contribution in [1.82, 2.24) is 19.7 Å². The Labute approximate surface area is 185 Å². The number of carbonyl (C=O) groups is 1. The molecule has 0 spiro atoms. The lowest BCUT2D eigenvalue weighted by Crippen LogP contribution is -2.49. The van der Waals surface area contributed by atoms with Crippen molar-refractivity contribution < 1.29 is 14.3 Å². The van der Waals surface area contributed by atoms with E-state index in [0.29, 0.717) is 26.2 Å². The third-order valence-electron chi connectivity index (χ3n) is 4.88. The monoisotopic (exact) mass is 441 g/mol. The lowest BCUT2D eigenvalue weighted by atomic mass is 10.2. The minimum absolute atomic E-state index is 0.0548. The third kappa shape index (κ3) is 6.05. The molecule has 2 aromatic heterocycles. The van der Waals surface area contributed by atoms with Crippen LogP contribution in [-0.2, 0) is 29.2 Å². The standard InChI is InChI=1S/C22H27N5O3S/c1-16-10-26(11-17(2)30-16)22(28)13-27-12-18(9-24-27)23-8-19-15-31-21(25-19)14-29-20-6-4-3-5-7-20/h3-7,9,12,15-17,23H,8,10-11,13-14H2,1-2H3/t16-,17+. The molecule has 0 bridgehead atoms. The zero-order valence-electron chi connectivity index (χ0n) is 17.7. The Bertz CT molecular complexity index is 980. The molecule has 3 aromatic rings. The molecule has 164 valence electrons. The fourth-order valence-corrected chi connectivity index (χ4v) is 4.22. The molecule has 1 amide bonds. The van der Waals surface area contributed by atoms with Gasteiger partial charge in [-0.3, -0.25) is 9.48 Å². The van der Waals surface area contributed by atoms with Gasteiger partial charge in [0.25, 0.3) is 0 Å². The van der Waals surface area contributed by atoms with Gasteiger partial charge in [0.2, 0.25) is 5.91 Å². The highest BCUT2D eigenvalue weighted by Gasteiger charge is 2.25. The minimum atomic E-state index is 0.0548. The molecule has 1 aliphatic rings. The van der Waals surface area contributed by atoms with Gasteiger partial charge in [-0.05, 0) is 26.0 Å². The molecule has 1 aliphatic heterocycles. The summed E-state index contributed by atoms with van der Waals surface area (Å²) in [5, 5.41) is 10.6. The van der Waals surface area contributed by atoms with Crippen LogP contribution in [0.3, 0.4) is 0 Å². The summed E-state index contributed by atoms with van der Waals surface area (Å²) in [6.07, 6.45) is 3.69. The van der Waals surface area contributed by atoms with Crippen LogP contribution < -0.4 is 10.1 Å². The Morgan fingerprint density at radius 3 is 2.81 bits per heavy atom. The topological polar surface area (TPSA) is 81.5 Å². The Hall–Kier alpha value is -2.91. The molecule has 0 saturated carbocycles. The van der Waals surface area contributed by atoms with Crippen molar-refractivity contribution in [2.24, 2.45) is 0 Å². The molecule has 9 heteroatoms. The molecule has 2 atom stereocenters. The van der Waals surface area contributed by atoms with Crippen LogP contribution in [0.1, 0.15) is 24.5 Å². The maximum Gasteiger partial charge on any atom is 0.244 e. The van der Waals surface area contributed by atoms with E-state index in [1.54, 1.807) is 22.2 Å². The summed E-state index contributed by atoms with van der Waals surface area (Å²) in [4.78, 5) is 19.0. The number of aromatic nitrogens is 3. The SMILES string of the molecule is C[C@@H]1CN(C(=O)Cn2cc(NCc3csc(COc4ccccc4)n3)cn2)C[C@H](C)O1. The number of benzene rings is 1. The van der Waals surface area contributed by atoms with E-state index in [1.165, 1.54) is 0 Å². The number of morpholine rings is 1. The number of anilines is 1. The molecule has 3 heterocycles. The predicted octanol–water partition coefficient (Wildman–Crippen LogP) is 3.17. The Morgan fingerprint density at radius 1 is 1.26 bits per heavy atom. The fourth-order valence-electron chi connectivity index (χ4n) is 3.51. The van der Waals surface area contributed by atoms with Gasteiger partial charge in [0.1, 0.15) is 23.9 Å². The van der Waals surface area contributed by atoms with E-state index in [-0.39, 0.29) is 24.7 Å². The quantitative estimate of drug-likeness (QED) is 0.578. The van der Waals surface area contributed by atoms with Crippen LogP contribution in [0.4, 0.5) is 5.69 Å². The van der Waals surface area contributed by atoms with E-state index < -0.39 is 0 Å². The first kappa shape index (κ1) is 21.3. The maximum absolute atomic E-state index is 12.6. The smallest absolute Gasteiger partial charge is 0.244 e. The predicted molar refractivity (Wildman–Crippen MR) is 119 cm³/mol. The maximum atomic E-state index is 12.6. The molecule has 1 fully saturated rings. The van der Waals surface area contributed by atoms with Gasteiger partial charge in [0, 0.05) is 24.7 Å². The van der Waals surface area contributed by atoms with Crippen LogP contribution in [0.25, 0.3) is 0 Å². The van der Waals surface area contributed by atoms with E-state index >= 15 is 0 Å². The highest BCUT2D eigenvalue weighted by molar-refractivity contribution is 7.09. The van der Waals surface area contributed by atoms with Gasteiger partial charge in [-0.15, -0.1) is 11.3 Å². The van der Waals surface area contributed by atoms with E-state index in [9.17, 15) is 4.79 Å². The first-order chi connectivity index (χ1) is 15.0. The normalized spacial score (nSPS) is 18.7. The summed E-state index contributed by atoms with van der Waals surface area (Å²) >= 11 is 1.58. The van der Waals surface area contributed by atoms with E-state index in [0.717, 1.165) is 22.1 Å². The van der Waals surface area contributed by atoms with Gasteiger partial charge < -0.3 is 19.7 Å². The molecule has 1 N–H and O–H groups in total. The second-order valence-electron chi connectivity index (χ2n) is 7.67. The number of rotatable bonds is 8. The van der Waals surface area contributed by atoms with Crippen molar-refractivity contribution >= 4 is 22.9 Å². The highest BCUT2D eigenvalue weighted by atomic mass is 32.1. The lowest BCUT2D eigenvalue weighted by molar-refractivity contribution is -0.144. The Kier molecular flexibility index (Phi) is 6.83. The molecule has 0 radical (unpaired) electrons. The number of para-hydroxylation sites is 1. The number of hydrogen-bond donors (Lipinski definition) is 1. The van der Waals surface area contributed by atoms with Gasteiger partial charge >= 0.3 is 0 Å². The third-order valence-corrected chi connectivity index (χ3v) is 5.75. The molecule has 31 heavy (non-hydrogen) atoms. The average molecular weight is 442 g/mol. The Morgan fingerprint density at radius 2 is 2.03 bits per heavy atom. The number of nitrogens with zero attached hydrogens (tertiary/aromatic N) is 4. The highest BCUT2D eigenvalue weighted by Crippen LogP contribution is 2.16. The van der Waals surface area contributed by atoms with Crippen LogP contribution in [0, 0.1) is 0 Å². The van der Waals surface area contributed by atoms with Crippen molar-refractivity contribution in [2.45, 2.75) is 45.8 Å². The number of ether oxygens (including phenoxy) is 2. The molecule has 1 saturated heterocycles. The first-order valence-corrected chi connectivity index (χ1v) is 11.2. The number of thiazole rings is 1. The minimum Gasteiger partial charge on any atom is -0.486 e. The van der Waals surface area contributed by atoms with Gasteiger partial charge in [-0.1, -0.05) is 18.2 Å². The summed E-state index contributed by atoms with van der Waals surface area (Å²) in [6.45, 7) is 6.48. The van der Waals surface area contributed by atoms with Gasteiger partial charge in [0.05, 0.1) is 36.3 Å². The molecule has 1 aromatic carbocycles. The number of nitrogens with one attached hydrogen (secondary N) is 1. The van der Waals surface area contributed by atoms with Crippen molar-refractivity contribution in [3.05, 3.63) is 58.8 Å². The summed E-state index contributed by atoms with van der Waals surface area (Å²) < 4.78 is 13.1. The number of hydrogen-bond acceptors (Lipinski definition) is 7. The summed E-state index contributed by atoms with van der Waals surface area (Å²) in [5.41, 5.74) is 1.79. The number of carbonyl (C=O) groups excluding carboxylic acids is 1. The van der Waals surface area contributed by atoms with Crippen LogP contribution in [0.2, 0.25) is 0 Å². The van der Waals surface area contributed by atoms with Crippen molar-refractivity contribution in [1.29, 1.82) is 0 Å². The van der Waals surface area contributed by atoms with Gasteiger partial charge in [-0.2, -0.15) is 5.10 Å². The van der Waals surface area contributed by atoms with Crippen LogP contribution >= 0.6 is 11.3 Å². The van der Waals surface area contributed by atoms with Crippen molar-refractivity contribution in [3.8, 4) is 5.75 Å². The zero-order chi connectivity index (χ0) is 21.6. The van der Waals surface area contributed by atoms with E-state index in [2.05, 4.69) is 15.4 Å². The van der Waals surface area contributed by atoms with Crippen LogP contribution in [0.5, 0.6) is 5.75 Å². The fraction of sp³-hybridized carbons (Fsp3) is 0.409. The van der Waals surface area contributed by atoms with Crippen LogP contribution in [-0.4, -0.2) is 50.9 Å². The second kappa shape index (κ2) is 9.93.